The number of allylic oxidation sites excluding steroid dienone is 1. The fraction of sp³-hybridized carbons (Fsp3) is 0.326. The van der Waals surface area contributed by atoms with E-state index in [1.807, 2.05) is 0 Å². The molecule has 0 radical (unpaired) electrons. The van der Waals surface area contributed by atoms with Gasteiger partial charge < -0.3 is 14.6 Å². The smallest absolute Gasteiger partial charge is 0.416 e. The molecule has 2 aromatic heterocycles. The van der Waals surface area contributed by atoms with Gasteiger partial charge in [-0.05, 0) is 117 Å². The van der Waals surface area contributed by atoms with Gasteiger partial charge in [-0.15, -0.1) is 22.7 Å². The van der Waals surface area contributed by atoms with Gasteiger partial charge in [-0.2, -0.15) is 26.3 Å². The van der Waals surface area contributed by atoms with Gasteiger partial charge in [0.15, 0.2) is 5.78 Å². The van der Waals surface area contributed by atoms with E-state index in [1.165, 1.54) is 34.8 Å². The molecule has 1 unspecified atom stereocenters. The first-order chi connectivity index (χ1) is 29.5. The molecule has 2 fully saturated rings. The number of rotatable bonds is 2. The molecule has 1 N–H and O–H groups in total. The van der Waals surface area contributed by atoms with Crippen LogP contribution in [0, 0.1) is 0 Å². The number of Topliss-reactive ketones (excluding diaryl/α,β-unsaturated/α-hetero) is 3. The van der Waals surface area contributed by atoms with E-state index in [0.717, 1.165) is 89.9 Å². The summed E-state index contributed by atoms with van der Waals surface area (Å²) in [6.07, 6.45) is 0.386. The maximum absolute atomic E-state index is 13.5. The van der Waals surface area contributed by atoms with Crippen LogP contribution in [0.2, 0.25) is 0 Å². The summed E-state index contributed by atoms with van der Waals surface area (Å²) in [6, 6.07) is 9.88. The lowest BCUT2D eigenvalue weighted by Gasteiger charge is -2.45. The Kier molecular flexibility index (Phi) is 8.60. The van der Waals surface area contributed by atoms with Crippen molar-refractivity contribution in [1.29, 1.82) is 0 Å². The van der Waals surface area contributed by atoms with Crippen LogP contribution < -0.4 is 9.47 Å². The van der Waals surface area contributed by atoms with Gasteiger partial charge >= 0.3 is 12.4 Å². The number of alkyl halides is 6. The molecule has 0 saturated heterocycles. The largest absolute Gasteiger partial charge is 0.465 e. The van der Waals surface area contributed by atoms with Crippen molar-refractivity contribution in [3.05, 3.63) is 103 Å². The molecule has 2 saturated carbocycles. The molecule has 3 aromatic carbocycles. The summed E-state index contributed by atoms with van der Waals surface area (Å²) in [5.74, 6) is -1.98. The first-order valence-corrected chi connectivity index (χ1v) is 21.9. The zero-order chi connectivity index (χ0) is 43.1. The Hall–Kier alpha value is -5.45. The van der Waals surface area contributed by atoms with Crippen molar-refractivity contribution in [3.8, 4) is 32.6 Å². The Labute approximate surface area is 356 Å². The lowest BCUT2D eigenvalue weighted by atomic mass is 9.71. The number of ether oxygens (including phenoxy) is 2. The third kappa shape index (κ3) is 5.92. The Morgan fingerprint density at radius 2 is 1.08 bits per heavy atom. The Bertz CT molecular complexity index is 2890. The molecule has 316 valence electrons. The normalized spacial score (nSPS) is 22.0. The number of carbonyl (C=O) groups is 3. The highest BCUT2D eigenvalue weighted by Crippen LogP contribution is 2.59. The zero-order valence-corrected chi connectivity index (χ0v) is 34.0. The van der Waals surface area contributed by atoms with Crippen molar-refractivity contribution in [2.75, 3.05) is 0 Å². The summed E-state index contributed by atoms with van der Waals surface area (Å²) in [5.41, 5.74) is 0.111. The van der Waals surface area contributed by atoms with Gasteiger partial charge in [-0.25, -0.2) is 9.97 Å². The fourth-order valence-electron chi connectivity index (χ4n) is 10.1. The molecule has 5 aromatic rings. The summed E-state index contributed by atoms with van der Waals surface area (Å²) < 4.78 is 95.0. The third-order valence-corrected chi connectivity index (χ3v) is 15.1. The topological polar surface area (TPSA) is 116 Å². The van der Waals surface area contributed by atoms with Gasteiger partial charge in [-0.3, -0.25) is 14.4 Å². The average molecular weight is 887 g/mol. The van der Waals surface area contributed by atoms with Crippen LogP contribution in [0.1, 0.15) is 128 Å². The molecular weight excluding hydrogens is 855 g/mol. The average Bonchev–Trinajstić information content (AvgIpc) is 3.97. The standard InChI is InChI=1S/C46H32F6N2O6S2/c47-45(48,49)21-7-9-23-25(15-21)35(55)37(57)27(23)19-33-53-41-39(61-33)29-18-32-30(17-31(29)43(59-41)11-3-1-4-12-43)40-42(60-44(32)13-5-2-6-14-44)54-34(62-40)20-28-24-10-8-22(46(50,51)52)16-26(24)36(56)38(28)58/h7-10,15-20,37,57H,1-6,11-14H2/b27-19-,28-20-. The van der Waals surface area contributed by atoms with E-state index in [2.05, 4.69) is 12.1 Å². The first-order valence-electron chi connectivity index (χ1n) is 20.3. The molecule has 4 heterocycles. The van der Waals surface area contributed by atoms with Crippen LogP contribution in [0.3, 0.4) is 0 Å². The number of hydrogen-bond donors (Lipinski definition) is 1. The minimum absolute atomic E-state index is 0.0371. The molecule has 4 aliphatic carbocycles. The summed E-state index contributed by atoms with van der Waals surface area (Å²) in [6.45, 7) is 0. The Balaban J connectivity index is 1.04. The second kappa shape index (κ2) is 13.5. The number of aromatic nitrogens is 2. The summed E-state index contributed by atoms with van der Waals surface area (Å²) >= 11 is 2.55. The number of thiazole rings is 2. The molecule has 6 aliphatic rings. The predicted octanol–water partition coefficient (Wildman–Crippen LogP) is 11.5. The number of nitrogens with zero attached hydrogens (tertiary/aromatic N) is 2. The van der Waals surface area contributed by atoms with Gasteiger partial charge in [0.25, 0.3) is 0 Å². The molecular formula is C46H32F6N2O6S2. The Morgan fingerprint density at radius 3 is 1.60 bits per heavy atom. The van der Waals surface area contributed by atoms with Crippen molar-refractivity contribution >= 4 is 63.3 Å². The molecule has 62 heavy (non-hydrogen) atoms. The number of hydrogen-bond acceptors (Lipinski definition) is 10. The van der Waals surface area contributed by atoms with Gasteiger partial charge in [0.05, 0.1) is 20.9 Å². The summed E-state index contributed by atoms with van der Waals surface area (Å²) in [7, 11) is 0. The van der Waals surface area contributed by atoms with Crippen LogP contribution in [0.25, 0.3) is 44.2 Å². The molecule has 11 rings (SSSR count). The van der Waals surface area contributed by atoms with E-state index in [0.29, 0.717) is 58.4 Å². The van der Waals surface area contributed by atoms with E-state index in [9.17, 15) is 45.8 Å². The van der Waals surface area contributed by atoms with Crippen molar-refractivity contribution in [2.24, 2.45) is 0 Å². The van der Waals surface area contributed by atoms with Crippen molar-refractivity contribution in [3.63, 3.8) is 0 Å². The highest BCUT2D eigenvalue weighted by molar-refractivity contribution is 7.17. The summed E-state index contributed by atoms with van der Waals surface area (Å²) in [5, 5.41) is 11.7. The zero-order valence-electron chi connectivity index (χ0n) is 32.4. The van der Waals surface area contributed by atoms with Gasteiger partial charge in [-0.1, -0.05) is 25.0 Å². The number of benzene rings is 3. The summed E-state index contributed by atoms with van der Waals surface area (Å²) in [4.78, 5) is 50.3. The van der Waals surface area contributed by atoms with Gasteiger partial charge in [0, 0.05) is 39.0 Å². The second-order valence-corrected chi connectivity index (χ2v) is 18.8. The SMILES string of the molecule is O=C1C(=O)c2cc(C(F)(F)F)ccc2/C1=C/c1nc2c(s1)-c1cc3c(cc1C1(CCCCC1)O2)-c1sc(/C=C2/c4ccc(C(F)(F)F)cc4C(=O)C2O)nc1OC31CCCCC1. The van der Waals surface area contributed by atoms with E-state index >= 15 is 0 Å². The van der Waals surface area contributed by atoms with Crippen LogP contribution in [0.15, 0.2) is 48.5 Å². The minimum Gasteiger partial charge on any atom is -0.465 e. The lowest BCUT2D eigenvalue weighted by molar-refractivity contribution is -0.138. The van der Waals surface area contributed by atoms with Crippen LogP contribution in [-0.4, -0.2) is 38.5 Å². The molecule has 2 spiro atoms. The molecule has 8 nitrogen and oxygen atoms in total. The monoisotopic (exact) mass is 886 g/mol. The highest BCUT2D eigenvalue weighted by Gasteiger charge is 2.49. The molecule has 16 heteroatoms. The van der Waals surface area contributed by atoms with Crippen molar-refractivity contribution in [1.82, 2.24) is 9.97 Å². The Morgan fingerprint density at radius 1 is 0.597 bits per heavy atom. The molecule has 0 amide bonds. The number of aliphatic hydroxyl groups excluding tert-OH is 1. The highest BCUT2D eigenvalue weighted by atomic mass is 32.1. The van der Waals surface area contributed by atoms with Crippen LogP contribution in [-0.2, 0) is 28.3 Å². The number of fused-ring (bicyclic) bond motifs is 10. The molecule has 1 atom stereocenters. The van der Waals surface area contributed by atoms with Crippen LogP contribution >= 0.6 is 22.7 Å². The van der Waals surface area contributed by atoms with Gasteiger partial charge in [0.2, 0.25) is 23.3 Å². The number of halogens is 6. The molecule has 0 bridgehead atoms. The number of aliphatic hydroxyl groups is 1. The van der Waals surface area contributed by atoms with E-state index in [-0.39, 0.29) is 33.4 Å². The van der Waals surface area contributed by atoms with Crippen LogP contribution in [0.5, 0.6) is 11.8 Å². The third-order valence-electron chi connectivity index (χ3n) is 13.1. The maximum Gasteiger partial charge on any atom is 0.416 e. The van der Waals surface area contributed by atoms with E-state index in [1.54, 1.807) is 6.08 Å². The lowest BCUT2D eigenvalue weighted by Crippen LogP contribution is -2.40. The first kappa shape index (κ1) is 39.4. The number of ketones is 3. The van der Waals surface area contributed by atoms with Crippen LogP contribution in [0.4, 0.5) is 26.3 Å². The van der Waals surface area contributed by atoms with Crippen molar-refractivity contribution < 1.29 is 55.3 Å². The maximum atomic E-state index is 13.5. The fourth-order valence-corrected chi connectivity index (χ4v) is 12.1. The van der Waals surface area contributed by atoms with Gasteiger partial charge in [0.1, 0.15) is 27.3 Å². The quantitative estimate of drug-likeness (QED) is 0.106. The van der Waals surface area contributed by atoms with Crippen molar-refractivity contribution in [2.45, 2.75) is 93.9 Å². The van der Waals surface area contributed by atoms with E-state index in [4.69, 9.17) is 19.4 Å². The van der Waals surface area contributed by atoms with E-state index < -0.39 is 58.1 Å². The minimum atomic E-state index is -4.69. The molecule has 2 aliphatic heterocycles. The number of carbonyl (C=O) groups excluding carboxylic acids is 3. The predicted molar refractivity (Wildman–Crippen MR) is 218 cm³/mol. The second-order valence-electron chi connectivity index (χ2n) is 16.7.